The van der Waals surface area contributed by atoms with Crippen LogP contribution in [-0.2, 0) is 0 Å². The third-order valence-corrected chi connectivity index (χ3v) is 3.80. The summed E-state index contributed by atoms with van der Waals surface area (Å²) >= 11 is 6.39. The van der Waals surface area contributed by atoms with Crippen molar-refractivity contribution in [1.82, 2.24) is 9.38 Å². The lowest BCUT2D eigenvalue weighted by Gasteiger charge is -2.22. The minimum Gasteiger partial charge on any atom is -0.365 e. The molecule has 3 nitrogen and oxygen atoms in total. The molecule has 0 saturated carbocycles. The van der Waals surface area contributed by atoms with Gasteiger partial charge < -0.3 is 5.32 Å². The molecule has 0 fully saturated rings. The van der Waals surface area contributed by atoms with Crippen LogP contribution in [0, 0.1) is 6.92 Å². The fourth-order valence-electron chi connectivity index (χ4n) is 2.52. The summed E-state index contributed by atoms with van der Waals surface area (Å²) in [7, 11) is 0. The number of aromatic nitrogens is 2. The molecule has 1 aromatic carbocycles. The van der Waals surface area contributed by atoms with Crippen LogP contribution in [0.25, 0.3) is 16.9 Å². The van der Waals surface area contributed by atoms with Crippen LogP contribution in [0.2, 0.25) is 5.02 Å². The van der Waals surface area contributed by atoms with Gasteiger partial charge in [-0.3, -0.25) is 4.40 Å². The van der Waals surface area contributed by atoms with Crippen molar-refractivity contribution in [1.29, 1.82) is 0 Å². The van der Waals surface area contributed by atoms with E-state index >= 15 is 0 Å². The van der Waals surface area contributed by atoms with E-state index in [9.17, 15) is 0 Å². The molecule has 0 unspecified atom stereocenters. The Morgan fingerprint density at radius 1 is 1.09 bits per heavy atom. The van der Waals surface area contributed by atoms with Gasteiger partial charge in [-0.05, 0) is 45.4 Å². The van der Waals surface area contributed by atoms with Crippen molar-refractivity contribution in [2.75, 3.05) is 5.32 Å². The van der Waals surface area contributed by atoms with Crippen molar-refractivity contribution in [3.63, 3.8) is 0 Å². The molecule has 2 heterocycles. The summed E-state index contributed by atoms with van der Waals surface area (Å²) in [6.07, 6.45) is 2.03. The number of rotatable bonds is 2. The molecule has 4 heteroatoms. The second kappa shape index (κ2) is 5.33. The molecule has 3 aromatic rings. The van der Waals surface area contributed by atoms with Gasteiger partial charge in [-0.1, -0.05) is 35.9 Å². The van der Waals surface area contributed by atoms with Gasteiger partial charge in [-0.15, -0.1) is 0 Å². The van der Waals surface area contributed by atoms with E-state index in [1.54, 1.807) is 0 Å². The summed E-state index contributed by atoms with van der Waals surface area (Å²) < 4.78 is 2.10. The Bertz CT molecular complexity index is 828. The van der Waals surface area contributed by atoms with Gasteiger partial charge in [0.05, 0.1) is 5.02 Å². The van der Waals surface area contributed by atoms with Crippen LogP contribution in [0.5, 0.6) is 0 Å². The molecule has 0 bridgehead atoms. The summed E-state index contributed by atoms with van der Waals surface area (Å²) in [5.74, 6) is 0.972. The Kier molecular flexibility index (Phi) is 3.61. The lowest BCUT2D eigenvalue weighted by atomic mass is 10.1. The number of halogens is 1. The molecule has 114 valence electrons. The maximum absolute atomic E-state index is 6.39. The zero-order valence-corrected chi connectivity index (χ0v) is 14.1. The third-order valence-electron chi connectivity index (χ3n) is 3.47. The molecule has 0 aliphatic carbocycles. The normalized spacial score (nSPS) is 11.9. The molecule has 0 saturated heterocycles. The second-order valence-electron chi connectivity index (χ2n) is 6.55. The minimum absolute atomic E-state index is 0.0737. The van der Waals surface area contributed by atoms with Gasteiger partial charge in [0.2, 0.25) is 0 Å². The lowest BCUT2D eigenvalue weighted by Crippen LogP contribution is -2.27. The first-order chi connectivity index (χ1) is 10.4. The first-order valence-corrected chi connectivity index (χ1v) is 7.75. The highest BCUT2D eigenvalue weighted by atomic mass is 35.5. The highest BCUT2D eigenvalue weighted by Gasteiger charge is 2.20. The first-order valence-electron chi connectivity index (χ1n) is 7.37. The molecule has 22 heavy (non-hydrogen) atoms. The Morgan fingerprint density at radius 2 is 1.82 bits per heavy atom. The third kappa shape index (κ3) is 2.69. The summed E-state index contributed by atoms with van der Waals surface area (Å²) in [6, 6.07) is 11.9. The number of anilines is 1. The smallest absolute Gasteiger partial charge is 0.142 e. The van der Waals surface area contributed by atoms with E-state index in [1.807, 2.05) is 36.5 Å². The molecular weight excluding hydrogens is 294 g/mol. The van der Waals surface area contributed by atoms with Crippen LogP contribution < -0.4 is 5.32 Å². The Hall–Kier alpha value is -2.00. The topological polar surface area (TPSA) is 29.3 Å². The number of nitrogens with zero attached hydrogens (tertiary/aromatic N) is 2. The van der Waals surface area contributed by atoms with Crippen molar-refractivity contribution in [3.8, 4) is 11.3 Å². The van der Waals surface area contributed by atoms with Crippen LogP contribution in [0.1, 0.15) is 26.3 Å². The Morgan fingerprint density at radius 3 is 2.50 bits per heavy atom. The van der Waals surface area contributed by atoms with Crippen molar-refractivity contribution in [2.45, 2.75) is 33.2 Å². The van der Waals surface area contributed by atoms with E-state index in [-0.39, 0.29) is 5.54 Å². The zero-order chi connectivity index (χ0) is 15.9. The molecule has 1 N–H and O–H groups in total. The Balaban J connectivity index is 2.31. The molecule has 0 amide bonds. The number of pyridine rings is 1. The minimum atomic E-state index is -0.0737. The van der Waals surface area contributed by atoms with Crippen molar-refractivity contribution < 1.29 is 0 Å². The highest BCUT2D eigenvalue weighted by molar-refractivity contribution is 6.33. The number of aryl methyl sites for hydroxylation is 1. The second-order valence-corrected chi connectivity index (χ2v) is 6.96. The first kappa shape index (κ1) is 14.9. The number of imidazole rings is 1. The molecule has 2 aromatic heterocycles. The average Bonchev–Trinajstić information content (AvgIpc) is 2.78. The van der Waals surface area contributed by atoms with Crippen LogP contribution in [0.15, 0.2) is 42.6 Å². The maximum Gasteiger partial charge on any atom is 0.142 e. The number of nitrogens with one attached hydrogen (secondary N) is 1. The largest absolute Gasteiger partial charge is 0.365 e. The van der Waals surface area contributed by atoms with Crippen LogP contribution >= 0.6 is 11.6 Å². The fraction of sp³-hybridized carbons (Fsp3) is 0.278. The van der Waals surface area contributed by atoms with E-state index < -0.39 is 0 Å². The predicted octanol–water partition coefficient (Wildman–Crippen LogP) is 5.17. The predicted molar refractivity (Wildman–Crippen MR) is 93.8 cm³/mol. The highest BCUT2D eigenvalue weighted by Crippen LogP contribution is 2.35. The fourth-order valence-corrected chi connectivity index (χ4v) is 2.74. The van der Waals surface area contributed by atoms with Crippen molar-refractivity contribution in [2.24, 2.45) is 0 Å². The van der Waals surface area contributed by atoms with Gasteiger partial charge in [0.15, 0.2) is 0 Å². The monoisotopic (exact) mass is 313 g/mol. The molecule has 0 atom stereocenters. The number of fused-ring (bicyclic) bond motifs is 1. The van der Waals surface area contributed by atoms with Gasteiger partial charge in [-0.2, -0.15) is 0 Å². The van der Waals surface area contributed by atoms with Gasteiger partial charge in [0.1, 0.15) is 17.2 Å². The number of benzene rings is 1. The summed E-state index contributed by atoms with van der Waals surface area (Å²) in [5, 5.41) is 4.28. The summed E-state index contributed by atoms with van der Waals surface area (Å²) in [4.78, 5) is 4.84. The average molecular weight is 314 g/mol. The van der Waals surface area contributed by atoms with Crippen molar-refractivity contribution in [3.05, 3.63) is 53.2 Å². The molecule has 0 spiro atoms. The molecule has 0 aliphatic heterocycles. The number of hydrogen-bond donors (Lipinski definition) is 1. The van der Waals surface area contributed by atoms with Gasteiger partial charge in [0, 0.05) is 17.3 Å². The van der Waals surface area contributed by atoms with Crippen LogP contribution in [-0.4, -0.2) is 14.9 Å². The SMILES string of the molecule is Cc1cccn2c(NC(C)(C)C)c(-c3ccccc3Cl)nc12. The van der Waals surface area contributed by atoms with Gasteiger partial charge >= 0.3 is 0 Å². The van der Waals surface area contributed by atoms with Gasteiger partial charge in [0.25, 0.3) is 0 Å². The standard InChI is InChI=1S/C18H20ClN3/c1-12-8-7-11-22-16(12)20-15(17(22)21-18(2,3)4)13-9-5-6-10-14(13)19/h5-11,21H,1-4H3. The van der Waals surface area contributed by atoms with E-state index in [0.717, 1.165) is 28.3 Å². The molecular formula is C18H20ClN3. The quantitative estimate of drug-likeness (QED) is 0.707. The molecule has 3 rings (SSSR count). The molecule has 0 aliphatic rings. The van der Waals surface area contributed by atoms with E-state index in [4.69, 9.17) is 16.6 Å². The maximum atomic E-state index is 6.39. The van der Waals surface area contributed by atoms with Crippen LogP contribution in [0.4, 0.5) is 5.82 Å². The van der Waals surface area contributed by atoms with Gasteiger partial charge in [-0.25, -0.2) is 4.98 Å². The van der Waals surface area contributed by atoms with Crippen LogP contribution in [0.3, 0.4) is 0 Å². The van der Waals surface area contributed by atoms with Crippen molar-refractivity contribution >= 4 is 23.1 Å². The number of hydrogen-bond acceptors (Lipinski definition) is 2. The molecule has 0 radical (unpaired) electrons. The van der Waals surface area contributed by atoms with E-state index in [0.29, 0.717) is 5.02 Å². The lowest BCUT2D eigenvalue weighted by molar-refractivity contribution is 0.629. The summed E-state index contributed by atoms with van der Waals surface area (Å²) in [6.45, 7) is 8.48. The van der Waals surface area contributed by atoms with E-state index in [2.05, 4.69) is 43.5 Å². The zero-order valence-electron chi connectivity index (χ0n) is 13.3. The van der Waals surface area contributed by atoms with E-state index in [1.165, 1.54) is 0 Å². The Labute approximate surface area is 136 Å². The summed E-state index contributed by atoms with van der Waals surface area (Å²) in [5.41, 5.74) is 3.84.